The van der Waals surface area contributed by atoms with E-state index in [2.05, 4.69) is 10.2 Å². The largest absolute Gasteiger partial charge is 0.283 e. The van der Waals surface area contributed by atoms with Crippen LogP contribution in [0.5, 0.6) is 0 Å². The van der Waals surface area contributed by atoms with Crippen molar-refractivity contribution < 1.29 is 14.5 Å². The first-order chi connectivity index (χ1) is 15.1. The minimum absolute atomic E-state index is 0.0243. The van der Waals surface area contributed by atoms with E-state index in [1.54, 1.807) is 36.4 Å². The first-order valence-electron chi connectivity index (χ1n) is 9.42. The van der Waals surface area contributed by atoms with Crippen LogP contribution in [0, 0.1) is 10.1 Å². The Kier molecular flexibility index (Phi) is 4.18. The number of nitro benzene ring substituents is 1. The van der Waals surface area contributed by atoms with Gasteiger partial charge in [0.25, 0.3) is 17.5 Å². The van der Waals surface area contributed by atoms with Crippen LogP contribution in [-0.2, 0) is 0 Å². The lowest BCUT2D eigenvalue weighted by Crippen LogP contribution is -2.30. The molecule has 8 heteroatoms. The summed E-state index contributed by atoms with van der Waals surface area (Å²) >= 11 is 0. The first kappa shape index (κ1) is 18.4. The van der Waals surface area contributed by atoms with E-state index in [9.17, 15) is 19.7 Å². The number of carbonyl (C=O) groups is 2. The zero-order chi connectivity index (χ0) is 21.5. The summed E-state index contributed by atoms with van der Waals surface area (Å²) in [5, 5.41) is 19.6. The number of fused-ring (bicyclic) bond motifs is 2. The summed E-state index contributed by atoms with van der Waals surface area (Å²) in [5.74, 6) is -1.30. The number of imide groups is 1. The molecule has 0 unspecified atom stereocenters. The molecule has 2 amide bonds. The van der Waals surface area contributed by atoms with Crippen molar-refractivity contribution in [1.29, 1.82) is 0 Å². The fourth-order valence-corrected chi connectivity index (χ4v) is 3.75. The van der Waals surface area contributed by atoms with Gasteiger partial charge in [-0.05, 0) is 29.8 Å². The van der Waals surface area contributed by atoms with Crippen molar-refractivity contribution in [3.05, 3.63) is 99.2 Å². The van der Waals surface area contributed by atoms with Crippen molar-refractivity contribution in [2.45, 2.75) is 0 Å². The lowest BCUT2D eigenvalue weighted by Gasteiger charge is -2.16. The molecule has 1 aliphatic heterocycles. The molecule has 0 aliphatic carbocycles. The number of aromatic amines is 1. The fraction of sp³-hybridized carbons (Fsp3) is 0. The second-order valence-corrected chi connectivity index (χ2v) is 6.95. The summed E-state index contributed by atoms with van der Waals surface area (Å²) in [5.41, 5.74) is 2.01. The molecular formula is C23H14N4O4. The standard InChI is InChI=1S/C23H14N4O4/c28-22-16-8-5-11-20(27(30)31)21(16)23(29)26(22)19-10-4-1-6-14(19)12-13-18-15-7-2-3-9-17(15)24-25-18/h1-13H,(H,24,25)/b13-12+. The third-order valence-corrected chi connectivity index (χ3v) is 5.19. The van der Waals surface area contributed by atoms with E-state index in [1.807, 2.05) is 24.3 Å². The summed E-state index contributed by atoms with van der Waals surface area (Å²) in [4.78, 5) is 37.7. The van der Waals surface area contributed by atoms with E-state index < -0.39 is 16.7 Å². The zero-order valence-corrected chi connectivity index (χ0v) is 16.0. The van der Waals surface area contributed by atoms with Gasteiger partial charge in [0.05, 0.1) is 27.4 Å². The predicted octanol–water partition coefficient (Wildman–Crippen LogP) is 4.44. The summed E-state index contributed by atoms with van der Waals surface area (Å²) < 4.78 is 0. The summed E-state index contributed by atoms with van der Waals surface area (Å²) in [6.45, 7) is 0. The zero-order valence-electron chi connectivity index (χ0n) is 16.0. The number of H-pyrrole nitrogens is 1. The molecule has 5 rings (SSSR count). The Labute approximate surface area is 175 Å². The monoisotopic (exact) mass is 410 g/mol. The highest BCUT2D eigenvalue weighted by Gasteiger charge is 2.42. The predicted molar refractivity (Wildman–Crippen MR) is 116 cm³/mol. The SMILES string of the molecule is O=C1c2cccc([N+](=O)[O-])c2C(=O)N1c1ccccc1/C=C/c1n[nH]c2ccccc12. The average Bonchev–Trinajstić information content (AvgIpc) is 3.31. The lowest BCUT2D eigenvalue weighted by molar-refractivity contribution is -0.385. The number of carbonyl (C=O) groups excluding carboxylic acids is 2. The van der Waals surface area contributed by atoms with Crippen molar-refractivity contribution in [3.8, 4) is 0 Å². The smallest absolute Gasteiger partial charge is 0.277 e. The number of benzene rings is 3. The lowest BCUT2D eigenvalue weighted by atomic mass is 10.1. The van der Waals surface area contributed by atoms with Crippen LogP contribution < -0.4 is 4.90 Å². The number of nitrogens with zero attached hydrogens (tertiary/aromatic N) is 3. The average molecular weight is 410 g/mol. The fourth-order valence-electron chi connectivity index (χ4n) is 3.75. The highest BCUT2D eigenvalue weighted by atomic mass is 16.6. The molecule has 8 nitrogen and oxygen atoms in total. The Bertz CT molecular complexity index is 1420. The quantitative estimate of drug-likeness (QED) is 0.304. The molecule has 0 spiro atoms. The van der Waals surface area contributed by atoms with E-state index in [0.717, 1.165) is 15.8 Å². The maximum absolute atomic E-state index is 13.1. The number of nitrogens with one attached hydrogen (secondary N) is 1. The number of hydrogen-bond donors (Lipinski definition) is 1. The van der Waals surface area contributed by atoms with E-state index in [0.29, 0.717) is 16.9 Å². The molecule has 0 atom stereocenters. The number of aromatic nitrogens is 2. The molecule has 150 valence electrons. The molecule has 4 aromatic rings. The van der Waals surface area contributed by atoms with Gasteiger partial charge in [0.1, 0.15) is 5.56 Å². The molecule has 3 aromatic carbocycles. The Morgan fingerprint density at radius 2 is 1.68 bits per heavy atom. The van der Waals surface area contributed by atoms with Crippen LogP contribution in [0.4, 0.5) is 11.4 Å². The number of nitro groups is 1. The molecule has 0 radical (unpaired) electrons. The van der Waals surface area contributed by atoms with Gasteiger partial charge in [0, 0.05) is 11.5 Å². The van der Waals surface area contributed by atoms with Gasteiger partial charge in [-0.1, -0.05) is 48.5 Å². The summed E-state index contributed by atoms with van der Waals surface area (Å²) in [6.07, 6.45) is 3.55. The molecule has 1 N–H and O–H groups in total. The van der Waals surface area contributed by atoms with Gasteiger partial charge < -0.3 is 0 Å². The van der Waals surface area contributed by atoms with Crippen LogP contribution >= 0.6 is 0 Å². The third-order valence-electron chi connectivity index (χ3n) is 5.19. The maximum atomic E-state index is 13.1. The summed E-state index contributed by atoms with van der Waals surface area (Å²) in [6, 6.07) is 18.6. The van der Waals surface area contributed by atoms with Gasteiger partial charge in [-0.2, -0.15) is 5.10 Å². The molecular weight excluding hydrogens is 396 g/mol. The second-order valence-electron chi connectivity index (χ2n) is 6.95. The first-order valence-corrected chi connectivity index (χ1v) is 9.42. The number of anilines is 1. The molecule has 31 heavy (non-hydrogen) atoms. The van der Waals surface area contributed by atoms with Crippen molar-refractivity contribution in [2.24, 2.45) is 0 Å². The third kappa shape index (κ3) is 2.89. The molecule has 0 saturated heterocycles. The van der Waals surface area contributed by atoms with Gasteiger partial charge in [0.15, 0.2) is 0 Å². The minimum atomic E-state index is -0.710. The Hall–Kier alpha value is -4.59. The summed E-state index contributed by atoms with van der Waals surface area (Å²) in [7, 11) is 0. The van der Waals surface area contributed by atoms with Crippen LogP contribution in [0.2, 0.25) is 0 Å². The van der Waals surface area contributed by atoms with Crippen LogP contribution in [0.3, 0.4) is 0 Å². The topological polar surface area (TPSA) is 109 Å². The molecule has 1 aromatic heterocycles. The van der Waals surface area contributed by atoms with Gasteiger partial charge >= 0.3 is 0 Å². The highest BCUT2D eigenvalue weighted by molar-refractivity contribution is 6.36. The highest BCUT2D eigenvalue weighted by Crippen LogP contribution is 2.35. The molecule has 1 aliphatic rings. The normalized spacial score (nSPS) is 13.4. The second kappa shape index (κ2) is 7.03. The van der Waals surface area contributed by atoms with Gasteiger partial charge in [0.2, 0.25) is 0 Å². The number of rotatable bonds is 4. The Morgan fingerprint density at radius 3 is 2.52 bits per heavy atom. The van der Waals surface area contributed by atoms with Crippen molar-refractivity contribution in [3.63, 3.8) is 0 Å². The van der Waals surface area contributed by atoms with Crippen LogP contribution in [-0.4, -0.2) is 26.9 Å². The minimum Gasteiger partial charge on any atom is -0.277 e. The van der Waals surface area contributed by atoms with Crippen molar-refractivity contribution in [2.75, 3.05) is 4.90 Å². The Morgan fingerprint density at radius 1 is 0.903 bits per heavy atom. The Balaban J connectivity index is 1.57. The van der Waals surface area contributed by atoms with Crippen LogP contribution in [0.15, 0.2) is 66.7 Å². The van der Waals surface area contributed by atoms with Gasteiger partial charge in [-0.15, -0.1) is 0 Å². The molecule has 0 saturated carbocycles. The van der Waals surface area contributed by atoms with E-state index in [-0.39, 0.29) is 16.8 Å². The number of para-hydroxylation sites is 2. The molecule has 0 bridgehead atoms. The van der Waals surface area contributed by atoms with Crippen LogP contribution in [0.1, 0.15) is 32.0 Å². The van der Waals surface area contributed by atoms with Crippen molar-refractivity contribution >= 4 is 46.2 Å². The van der Waals surface area contributed by atoms with Gasteiger partial charge in [-0.3, -0.25) is 24.8 Å². The van der Waals surface area contributed by atoms with E-state index in [1.165, 1.54) is 18.2 Å². The molecule has 2 heterocycles. The van der Waals surface area contributed by atoms with E-state index >= 15 is 0 Å². The van der Waals surface area contributed by atoms with E-state index in [4.69, 9.17) is 0 Å². The maximum Gasteiger partial charge on any atom is 0.283 e. The molecule has 0 fully saturated rings. The van der Waals surface area contributed by atoms with Gasteiger partial charge in [-0.25, -0.2) is 4.90 Å². The number of amides is 2. The van der Waals surface area contributed by atoms with Crippen molar-refractivity contribution in [1.82, 2.24) is 10.2 Å². The van der Waals surface area contributed by atoms with Crippen LogP contribution in [0.25, 0.3) is 23.1 Å². The number of hydrogen-bond acceptors (Lipinski definition) is 5.